The van der Waals surface area contributed by atoms with Crippen molar-refractivity contribution in [2.75, 3.05) is 6.61 Å². The van der Waals surface area contributed by atoms with Gasteiger partial charge in [-0.15, -0.1) is 0 Å². The van der Waals surface area contributed by atoms with Crippen molar-refractivity contribution in [1.82, 2.24) is 4.57 Å². The minimum atomic E-state index is -1.07. The van der Waals surface area contributed by atoms with E-state index in [1.165, 1.54) is 0 Å². The van der Waals surface area contributed by atoms with E-state index in [2.05, 4.69) is 10.6 Å². The predicted molar refractivity (Wildman–Crippen MR) is 117 cm³/mol. The molecule has 0 fully saturated rings. The van der Waals surface area contributed by atoms with E-state index in [0.717, 1.165) is 22.2 Å². The molecule has 7 heteroatoms. The van der Waals surface area contributed by atoms with Crippen LogP contribution in [0, 0.1) is 6.92 Å². The van der Waals surface area contributed by atoms with Crippen LogP contribution in [0.25, 0.3) is 21.8 Å². The van der Waals surface area contributed by atoms with Gasteiger partial charge < -0.3 is 20.1 Å². The number of hydrogen-bond donors (Lipinski definition) is 2. The summed E-state index contributed by atoms with van der Waals surface area (Å²) in [6, 6.07) is 19.1. The van der Waals surface area contributed by atoms with Crippen LogP contribution in [0.4, 0.5) is 0 Å². The fraction of sp³-hybridized carbons (Fsp3) is 0.130. The number of ether oxygens (including phenoxy) is 1. The van der Waals surface area contributed by atoms with Gasteiger partial charge in [-0.25, -0.2) is 4.79 Å². The summed E-state index contributed by atoms with van der Waals surface area (Å²) in [7, 11) is 0. The monoisotopic (exact) mass is 411 g/mol. The second-order valence-electron chi connectivity index (χ2n) is 6.97. The topological polar surface area (TPSA) is 94.6 Å². The molecule has 0 spiro atoms. The second-order valence-corrected chi connectivity index (χ2v) is 6.97. The maximum atomic E-state index is 12.1. The van der Waals surface area contributed by atoms with E-state index in [1.807, 2.05) is 43.3 Å². The van der Waals surface area contributed by atoms with Crippen LogP contribution in [-0.2, 0) is 11.3 Å². The number of aryl methyl sites for hydroxylation is 1. The van der Waals surface area contributed by atoms with Crippen LogP contribution in [0.15, 0.2) is 60.7 Å². The van der Waals surface area contributed by atoms with Crippen LogP contribution in [0.2, 0.25) is 0 Å². The number of hydrogen-bond acceptors (Lipinski definition) is 3. The number of carboxylic acids is 1. The van der Waals surface area contributed by atoms with Crippen molar-refractivity contribution in [1.29, 1.82) is 0 Å². The maximum absolute atomic E-state index is 12.1. The van der Waals surface area contributed by atoms with Gasteiger partial charge in [0, 0.05) is 47.1 Å². The Hall–Kier alpha value is -2.80. The Kier molecular flexibility index (Phi) is 6.51. The molecule has 3 aromatic carbocycles. The van der Waals surface area contributed by atoms with E-state index < -0.39 is 18.5 Å². The average molecular weight is 411 g/mol. The molecule has 0 aliphatic heterocycles. The minimum Gasteiger partial charge on any atom is -0.481 e. The summed E-state index contributed by atoms with van der Waals surface area (Å²) < 4.78 is 7.64. The molecule has 1 radical (unpaired) electrons. The number of aliphatic carboxylic acids is 1. The number of carbonyl (C=O) groups excluding carboxylic acids is 1. The maximum Gasteiger partial charge on any atom is 0.341 e. The summed E-state index contributed by atoms with van der Waals surface area (Å²) in [5.41, 5.74) is 9.98. The van der Waals surface area contributed by atoms with Crippen molar-refractivity contribution in [3.05, 3.63) is 77.4 Å². The Morgan fingerprint density at radius 1 is 1.00 bits per heavy atom. The standard InChI is InChI=1S/C23H20N2O4.Na/c1-14-5-2-6-15(11-14)12-25-17-8-3-7-16(23(24)28)21(17)22-18(25)9-4-10-19(22)29-13-20(26)27;/h2-11H,12-13H2,1H3,(H2,24,28)(H,26,27);. The van der Waals surface area contributed by atoms with Crippen molar-refractivity contribution < 1.29 is 19.4 Å². The van der Waals surface area contributed by atoms with Crippen LogP contribution in [0.1, 0.15) is 21.5 Å². The van der Waals surface area contributed by atoms with Crippen molar-refractivity contribution in [2.24, 2.45) is 5.73 Å². The molecule has 0 atom stereocenters. The fourth-order valence-corrected chi connectivity index (χ4v) is 3.78. The van der Waals surface area contributed by atoms with E-state index in [0.29, 0.717) is 28.6 Å². The molecule has 0 bridgehead atoms. The van der Waals surface area contributed by atoms with Crippen molar-refractivity contribution >= 4 is 63.2 Å². The molecule has 0 saturated carbocycles. The van der Waals surface area contributed by atoms with E-state index in [1.54, 1.807) is 18.2 Å². The van der Waals surface area contributed by atoms with Gasteiger partial charge in [0.25, 0.3) is 0 Å². The Morgan fingerprint density at radius 2 is 1.67 bits per heavy atom. The molecule has 6 nitrogen and oxygen atoms in total. The molecule has 4 rings (SSSR count). The zero-order valence-corrected chi connectivity index (χ0v) is 18.9. The molecular weight excluding hydrogens is 391 g/mol. The zero-order chi connectivity index (χ0) is 20.5. The SMILES string of the molecule is Cc1cccc(Cn2c3cccc(OCC(=O)O)c3c3c(C(N)=O)cccc32)c1.[Na]. The molecule has 0 unspecified atom stereocenters. The molecular formula is C23H20N2NaO4. The van der Waals surface area contributed by atoms with Crippen LogP contribution in [-0.4, -0.2) is 57.7 Å². The molecule has 4 aromatic rings. The zero-order valence-electron chi connectivity index (χ0n) is 16.9. The molecule has 1 heterocycles. The third-order valence-corrected chi connectivity index (χ3v) is 4.92. The Morgan fingerprint density at radius 3 is 2.33 bits per heavy atom. The van der Waals surface area contributed by atoms with Gasteiger partial charge in [0.1, 0.15) is 5.75 Å². The van der Waals surface area contributed by atoms with E-state index in [4.69, 9.17) is 15.6 Å². The average Bonchev–Trinajstić information content (AvgIpc) is 3.01. The first-order chi connectivity index (χ1) is 14.0. The minimum absolute atomic E-state index is 0. The van der Waals surface area contributed by atoms with Gasteiger partial charge in [-0.2, -0.15) is 0 Å². The number of rotatable bonds is 6. The summed E-state index contributed by atoms with van der Waals surface area (Å²) >= 11 is 0. The number of carbonyl (C=O) groups is 2. The van der Waals surface area contributed by atoms with Gasteiger partial charge in [-0.1, -0.05) is 42.0 Å². The molecule has 30 heavy (non-hydrogen) atoms. The van der Waals surface area contributed by atoms with Gasteiger partial charge in [-0.05, 0) is 36.8 Å². The number of amides is 1. The molecule has 0 aliphatic carbocycles. The summed E-state index contributed by atoms with van der Waals surface area (Å²) in [6.45, 7) is 2.16. The largest absolute Gasteiger partial charge is 0.481 e. The van der Waals surface area contributed by atoms with Crippen LogP contribution >= 0.6 is 0 Å². The van der Waals surface area contributed by atoms with Crippen LogP contribution in [0.3, 0.4) is 0 Å². The van der Waals surface area contributed by atoms with Crippen molar-refractivity contribution in [2.45, 2.75) is 13.5 Å². The first kappa shape index (κ1) is 21.9. The Bertz CT molecular complexity index is 1260. The second kappa shape index (κ2) is 8.92. The van der Waals surface area contributed by atoms with Crippen molar-refractivity contribution in [3.8, 4) is 5.75 Å². The quantitative estimate of drug-likeness (QED) is 0.476. The number of primary amides is 1. The first-order valence-electron chi connectivity index (χ1n) is 9.19. The summed E-state index contributed by atoms with van der Waals surface area (Å²) in [5.74, 6) is -1.20. The molecule has 147 valence electrons. The van der Waals surface area contributed by atoms with Gasteiger partial charge in [-0.3, -0.25) is 4.79 Å². The van der Waals surface area contributed by atoms with Crippen LogP contribution in [0.5, 0.6) is 5.75 Å². The van der Waals surface area contributed by atoms with Crippen LogP contribution < -0.4 is 10.5 Å². The van der Waals surface area contributed by atoms with Crippen molar-refractivity contribution in [3.63, 3.8) is 0 Å². The summed E-state index contributed by atoms with van der Waals surface area (Å²) in [5, 5.41) is 10.4. The predicted octanol–water partition coefficient (Wildman–Crippen LogP) is 3.33. The molecule has 1 amide bonds. The number of benzene rings is 3. The first-order valence-corrected chi connectivity index (χ1v) is 9.19. The summed E-state index contributed by atoms with van der Waals surface area (Å²) in [6.07, 6.45) is 0. The number of carboxylic acid groups (broad SMARTS) is 1. The number of fused-ring (bicyclic) bond motifs is 3. The summed E-state index contributed by atoms with van der Waals surface area (Å²) in [4.78, 5) is 23.1. The number of nitrogens with zero attached hydrogens (tertiary/aromatic N) is 1. The fourth-order valence-electron chi connectivity index (χ4n) is 3.78. The molecule has 0 saturated heterocycles. The smallest absolute Gasteiger partial charge is 0.341 e. The van der Waals surface area contributed by atoms with Gasteiger partial charge >= 0.3 is 5.97 Å². The van der Waals surface area contributed by atoms with Gasteiger partial charge in [0.2, 0.25) is 5.91 Å². The molecule has 0 aliphatic rings. The number of aromatic nitrogens is 1. The van der Waals surface area contributed by atoms with E-state index >= 15 is 0 Å². The van der Waals surface area contributed by atoms with E-state index in [9.17, 15) is 9.59 Å². The Balaban J connectivity index is 0.00000256. The molecule has 1 aromatic heterocycles. The third-order valence-electron chi connectivity index (χ3n) is 4.92. The van der Waals surface area contributed by atoms with E-state index in [-0.39, 0.29) is 29.6 Å². The van der Waals surface area contributed by atoms with Gasteiger partial charge in [0.05, 0.1) is 16.4 Å². The molecule has 3 N–H and O–H groups in total. The van der Waals surface area contributed by atoms with Gasteiger partial charge in [0.15, 0.2) is 6.61 Å². The number of nitrogens with two attached hydrogens (primary N) is 1. The Labute approximate surface area is 195 Å². The normalized spacial score (nSPS) is 10.7. The third kappa shape index (κ3) is 4.07.